The normalized spacial score (nSPS) is 36.2. The topological polar surface area (TPSA) is 57.7 Å². The Labute approximate surface area is 156 Å². The smallest absolute Gasteiger partial charge is 0.235 e. The fraction of sp³-hybridized carbons (Fsp3) is 0.450. The molecule has 134 valence electrons. The molecule has 0 unspecified atom stereocenters. The van der Waals surface area contributed by atoms with E-state index < -0.39 is 0 Å². The fourth-order valence-electron chi connectivity index (χ4n) is 5.31. The summed E-state index contributed by atoms with van der Waals surface area (Å²) in [5, 5.41) is 0.504. The molecule has 6 atom stereocenters. The molecule has 0 N–H and O–H groups in total. The number of hydrogen-bond donors (Lipinski definition) is 0. The summed E-state index contributed by atoms with van der Waals surface area (Å²) in [4.78, 5) is 41.1. The second-order valence-corrected chi connectivity index (χ2v) is 8.26. The Bertz CT molecular complexity index is 830. The molecule has 26 heavy (non-hydrogen) atoms. The van der Waals surface area contributed by atoms with Crippen LogP contribution in [0.15, 0.2) is 36.4 Å². The van der Waals surface area contributed by atoms with Gasteiger partial charge in [0.2, 0.25) is 17.7 Å². The summed E-state index contributed by atoms with van der Waals surface area (Å²) in [6.07, 6.45) is 5.43. The van der Waals surface area contributed by atoms with Crippen molar-refractivity contribution in [1.29, 1.82) is 0 Å². The Morgan fingerprint density at radius 1 is 1.15 bits per heavy atom. The number of nitrogens with zero attached hydrogens (tertiary/aromatic N) is 2. The summed E-state index contributed by atoms with van der Waals surface area (Å²) in [6, 6.07) is 6.89. The standard InChI is InChI=1S/C20H19ClN2O3/c1-10(24)22(12-4-2-3-11(21)7-12)9-23-19(25)17-13-5-6-14(16-8-15(13)16)18(17)20(23)26/h2-7,13-18H,8-9H2,1H3/t13-,14-,15-,16+,17+,18-/m1/s1. The number of allylic oxidation sites excluding steroid dienone is 2. The molecule has 1 aliphatic heterocycles. The van der Waals surface area contributed by atoms with Crippen LogP contribution < -0.4 is 4.90 Å². The van der Waals surface area contributed by atoms with Crippen molar-refractivity contribution in [3.63, 3.8) is 0 Å². The SMILES string of the molecule is CC(=O)N(CN1C(=O)[C@@H]2[C@@H]3C=C[C@H]([C@H]4C[C@@H]34)[C@@H]2C1=O)c1cccc(Cl)c1. The first-order valence-electron chi connectivity index (χ1n) is 9.04. The Kier molecular flexibility index (Phi) is 3.35. The molecule has 2 bridgehead atoms. The molecular weight excluding hydrogens is 352 g/mol. The lowest BCUT2D eigenvalue weighted by atomic mass is 9.63. The minimum absolute atomic E-state index is 0.0465. The second kappa shape index (κ2) is 5.43. The van der Waals surface area contributed by atoms with Crippen LogP contribution in [0, 0.1) is 35.5 Å². The van der Waals surface area contributed by atoms with Crippen LogP contribution >= 0.6 is 11.6 Å². The van der Waals surface area contributed by atoms with Gasteiger partial charge in [-0.3, -0.25) is 24.2 Å². The third kappa shape index (κ3) is 2.13. The molecule has 3 amide bonds. The number of likely N-dealkylation sites (tertiary alicyclic amines) is 1. The molecule has 1 aromatic rings. The van der Waals surface area contributed by atoms with Gasteiger partial charge in [-0.05, 0) is 48.3 Å². The van der Waals surface area contributed by atoms with Crippen LogP contribution in [0.3, 0.4) is 0 Å². The molecule has 3 fully saturated rings. The molecule has 1 saturated heterocycles. The second-order valence-electron chi connectivity index (χ2n) is 7.83. The summed E-state index contributed by atoms with van der Waals surface area (Å²) in [5.41, 5.74) is 0.587. The molecule has 0 aromatic heterocycles. The number of carbonyl (C=O) groups is 3. The largest absolute Gasteiger partial charge is 0.294 e. The van der Waals surface area contributed by atoms with Gasteiger partial charge in [-0.1, -0.05) is 29.8 Å². The van der Waals surface area contributed by atoms with Gasteiger partial charge >= 0.3 is 0 Å². The Morgan fingerprint density at radius 3 is 2.31 bits per heavy atom. The summed E-state index contributed by atoms with van der Waals surface area (Å²) in [5.74, 6) is 0.549. The summed E-state index contributed by atoms with van der Waals surface area (Å²) in [6.45, 7) is 1.38. The van der Waals surface area contributed by atoms with Crippen LogP contribution in [-0.2, 0) is 14.4 Å². The number of imide groups is 1. The average Bonchev–Trinajstić information content (AvgIpc) is 3.39. The third-order valence-corrected chi connectivity index (χ3v) is 6.77. The van der Waals surface area contributed by atoms with Crippen LogP contribution in [0.2, 0.25) is 5.02 Å². The van der Waals surface area contributed by atoms with Gasteiger partial charge in [0.25, 0.3) is 0 Å². The number of halogens is 1. The maximum Gasteiger partial charge on any atom is 0.235 e. The van der Waals surface area contributed by atoms with E-state index in [1.807, 2.05) is 0 Å². The lowest BCUT2D eigenvalue weighted by Crippen LogP contribution is -2.44. The summed E-state index contributed by atoms with van der Waals surface area (Å²) >= 11 is 6.04. The summed E-state index contributed by atoms with van der Waals surface area (Å²) in [7, 11) is 0. The molecule has 5 nitrogen and oxygen atoms in total. The van der Waals surface area contributed by atoms with Gasteiger partial charge in [-0.15, -0.1) is 0 Å². The molecular formula is C20H19ClN2O3. The molecule has 5 aliphatic rings. The van der Waals surface area contributed by atoms with Crippen LogP contribution in [0.5, 0.6) is 0 Å². The minimum atomic E-state index is -0.241. The van der Waals surface area contributed by atoms with Gasteiger partial charge in [0.05, 0.1) is 11.8 Å². The van der Waals surface area contributed by atoms with Gasteiger partial charge in [0.15, 0.2) is 0 Å². The first kappa shape index (κ1) is 16.1. The molecule has 4 aliphatic carbocycles. The predicted molar refractivity (Wildman–Crippen MR) is 96.0 cm³/mol. The van der Waals surface area contributed by atoms with E-state index in [2.05, 4.69) is 12.2 Å². The highest BCUT2D eigenvalue weighted by Crippen LogP contribution is 2.65. The van der Waals surface area contributed by atoms with E-state index in [1.165, 1.54) is 16.7 Å². The van der Waals surface area contributed by atoms with E-state index in [-0.39, 0.29) is 48.1 Å². The fourth-order valence-corrected chi connectivity index (χ4v) is 5.49. The highest BCUT2D eigenvalue weighted by molar-refractivity contribution is 6.30. The first-order chi connectivity index (χ1) is 12.5. The van der Waals surface area contributed by atoms with Crippen molar-refractivity contribution in [2.75, 3.05) is 11.6 Å². The molecule has 2 saturated carbocycles. The highest BCUT2D eigenvalue weighted by Gasteiger charge is 2.67. The van der Waals surface area contributed by atoms with Gasteiger partial charge in [-0.25, -0.2) is 0 Å². The lowest BCUT2D eigenvalue weighted by Gasteiger charge is -2.37. The van der Waals surface area contributed by atoms with Crippen LogP contribution in [0.25, 0.3) is 0 Å². The van der Waals surface area contributed by atoms with Crippen LogP contribution in [0.1, 0.15) is 13.3 Å². The van der Waals surface area contributed by atoms with Crippen molar-refractivity contribution in [2.45, 2.75) is 13.3 Å². The zero-order valence-electron chi connectivity index (χ0n) is 14.3. The number of anilines is 1. The molecule has 1 heterocycles. The number of hydrogen-bond acceptors (Lipinski definition) is 3. The number of rotatable bonds is 3. The summed E-state index contributed by atoms with van der Waals surface area (Å²) < 4.78 is 0. The van der Waals surface area contributed by atoms with E-state index in [9.17, 15) is 14.4 Å². The predicted octanol–water partition coefficient (Wildman–Crippen LogP) is 2.70. The maximum atomic E-state index is 13.1. The van der Waals surface area contributed by atoms with Gasteiger partial charge in [0.1, 0.15) is 6.67 Å². The van der Waals surface area contributed by atoms with Crippen molar-refractivity contribution < 1.29 is 14.4 Å². The van der Waals surface area contributed by atoms with Gasteiger partial charge in [-0.2, -0.15) is 0 Å². The Balaban J connectivity index is 1.45. The van der Waals surface area contributed by atoms with E-state index in [4.69, 9.17) is 11.6 Å². The first-order valence-corrected chi connectivity index (χ1v) is 9.42. The molecule has 1 aromatic carbocycles. The maximum absolute atomic E-state index is 13.1. The van der Waals surface area contributed by atoms with E-state index in [0.29, 0.717) is 22.5 Å². The molecule has 0 radical (unpaired) electrons. The van der Waals surface area contributed by atoms with Crippen molar-refractivity contribution >= 4 is 35.0 Å². The zero-order valence-corrected chi connectivity index (χ0v) is 15.1. The minimum Gasteiger partial charge on any atom is -0.294 e. The lowest BCUT2D eigenvalue weighted by molar-refractivity contribution is -0.140. The van der Waals surface area contributed by atoms with Crippen molar-refractivity contribution in [2.24, 2.45) is 35.5 Å². The van der Waals surface area contributed by atoms with E-state index >= 15 is 0 Å². The van der Waals surface area contributed by atoms with E-state index in [0.717, 1.165) is 6.42 Å². The zero-order chi connectivity index (χ0) is 18.2. The van der Waals surface area contributed by atoms with Crippen molar-refractivity contribution in [3.05, 3.63) is 41.4 Å². The third-order valence-electron chi connectivity index (χ3n) is 6.54. The average molecular weight is 371 g/mol. The monoisotopic (exact) mass is 370 g/mol. The van der Waals surface area contributed by atoms with Crippen LogP contribution in [0.4, 0.5) is 5.69 Å². The van der Waals surface area contributed by atoms with Crippen LogP contribution in [-0.4, -0.2) is 29.3 Å². The molecule has 0 spiro atoms. The highest BCUT2D eigenvalue weighted by atomic mass is 35.5. The molecule has 6 heteroatoms. The van der Waals surface area contributed by atoms with Gasteiger partial charge in [0, 0.05) is 17.6 Å². The molecule has 6 rings (SSSR count). The van der Waals surface area contributed by atoms with E-state index in [1.54, 1.807) is 24.3 Å². The van der Waals surface area contributed by atoms with Crippen molar-refractivity contribution in [1.82, 2.24) is 4.90 Å². The number of carbonyl (C=O) groups excluding carboxylic acids is 3. The van der Waals surface area contributed by atoms with Gasteiger partial charge < -0.3 is 0 Å². The van der Waals surface area contributed by atoms with Crippen molar-refractivity contribution in [3.8, 4) is 0 Å². The number of benzene rings is 1. The Morgan fingerprint density at radius 2 is 1.77 bits per heavy atom. The Hall–Kier alpha value is -2.14. The quantitative estimate of drug-likeness (QED) is 0.607. The number of amides is 3.